The molecule has 1 aliphatic carbocycles. The maximum atomic E-state index is 12.3. The predicted molar refractivity (Wildman–Crippen MR) is 86.8 cm³/mol. The largest absolute Gasteiger partial charge is 0.487 e. The number of nitrogens with one attached hydrogen (secondary N) is 1. The van der Waals surface area contributed by atoms with Crippen molar-refractivity contribution in [3.8, 4) is 5.75 Å². The van der Waals surface area contributed by atoms with E-state index in [0.29, 0.717) is 18.3 Å². The number of nitrogens with two attached hydrogens (primary N) is 1. The zero-order chi connectivity index (χ0) is 15.7. The van der Waals surface area contributed by atoms with Crippen molar-refractivity contribution in [2.45, 2.75) is 63.6 Å². The fourth-order valence-corrected chi connectivity index (χ4v) is 3.88. The lowest BCUT2D eigenvalue weighted by Crippen LogP contribution is -2.45. The van der Waals surface area contributed by atoms with Crippen molar-refractivity contribution < 1.29 is 9.53 Å². The Morgan fingerprint density at radius 1 is 1.41 bits per heavy atom. The third-order valence-corrected chi connectivity index (χ3v) is 5.21. The molecular formula is C18H26N2O2. The fraction of sp³-hybridized carbons (Fsp3) is 0.611. The molecule has 1 aromatic rings. The van der Waals surface area contributed by atoms with Gasteiger partial charge in [0.1, 0.15) is 11.9 Å². The molecule has 5 atom stereocenters. The number of carbonyl (C=O) groups excluding carboxylic acids is 1. The van der Waals surface area contributed by atoms with Crippen molar-refractivity contribution in [3.05, 3.63) is 29.8 Å². The third-order valence-electron chi connectivity index (χ3n) is 5.21. The summed E-state index contributed by atoms with van der Waals surface area (Å²) in [5.41, 5.74) is 7.28. The van der Waals surface area contributed by atoms with Gasteiger partial charge in [-0.3, -0.25) is 4.79 Å². The van der Waals surface area contributed by atoms with E-state index in [9.17, 15) is 4.79 Å². The van der Waals surface area contributed by atoms with E-state index in [-0.39, 0.29) is 24.1 Å². The number of rotatable bonds is 4. The van der Waals surface area contributed by atoms with E-state index >= 15 is 0 Å². The summed E-state index contributed by atoms with van der Waals surface area (Å²) in [7, 11) is 0. The summed E-state index contributed by atoms with van der Waals surface area (Å²) >= 11 is 0. The summed E-state index contributed by atoms with van der Waals surface area (Å²) in [6, 6.07) is 8.30. The highest BCUT2D eigenvalue weighted by Crippen LogP contribution is 2.38. The molecule has 120 valence electrons. The van der Waals surface area contributed by atoms with Gasteiger partial charge in [0.15, 0.2) is 0 Å². The van der Waals surface area contributed by atoms with Crippen LogP contribution in [0, 0.1) is 5.92 Å². The van der Waals surface area contributed by atoms with Gasteiger partial charge in [0.05, 0.1) is 6.04 Å². The van der Waals surface area contributed by atoms with E-state index in [1.54, 1.807) is 0 Å². The van der Waals surface area contributed by atoms with Gasteiger partial charge in [0.25, 0.3) is 0 Å². The van der Waals surface area contributed by atoms with Crippen LogP contribution in [0.2, 0.25) is 0 Å². The van der Waals surface area contributed by atoms with E-state index in [1.807, 2.05) is 25.1 Å². The van der Waals surface area contributed by atoms with Crippen molar-refractivity contribution in [3.63, 3.8) is 0 Å². The molecule has 2 aliphatic rings. The molecule has 1 fully saturated rings. The number of carbonyl (C=O) groups is 1. The van der Waals surface area contributed by atoms with Crippen molar-refractivity contribution in [2.75, 3.05) is 0 Å². The van der Waals surface area contributed by atoms with Crippen LogP contribution in [-0.4, -0.2) is 24.1 Å². The predicted octanol–water partition coefficient (Wildman–Crippen LogP) is 2.57. The molecule has 3 unspecified atom stereocenters. The first kappa shape index (κ1) is 15.3. The second-order valence-electron chi connectivity index (χ2n) is 6.82. The van der Waals surface area contributed by atoms with Crippen molar-refractivity contribution in [1.82, 2.24) is 5.32 Å². The number of amides is 1. The number of fused-ring (bicyclic) bond motifs is 1. The van der Waals surface area contributed by atoms with E-state index in [0.717, 1.165) is 25.0 Å². The minimum absolute atomic E-state index is 0.00129. The van der Waals surface area contributed by atoms with E-state index in [4.69, 9.17) is 10.5 Å². The van der Waals surface area contributed by atoms with Crippen LogP contribution in [0.15, 0.2) is 24.3 Å². The molecule has 22 heavy (non-hydrogen) atoms. The number of ether oxygens (including phenoxy) is 1. The molecule has 4 nitrogen and oxygen atoms in total. The van der Waals surface area contributed by atoms with Gasteiger partial charge in [-0.05, 0) is 31.7 Å². The summed E-state index contributed by atoms with van der Waals surface area (Å²) in [5, 5.41) is 3.12. The Hall–Kier alpha value is -1.55. The average Bonchev–Trinajstić information content (AvgIpc) is 3.04. The smallest absolute Gasteiger partial charge is 0.220 e. The lowest BCUT2D eigenvalue weighted by molar-refractivity contribution is -0.123. The first-order valence-corrected chi connectivity index (χ1v) is 8.36. The van der Waals surface area contributed by atoms with Gasteiger partial charge in [-0.15, -0.1) is 0 Å². The Bertz CT molecular complexity index is 546. The average molecular weight is 302 g/mol. The lowest BCUT2D eigenvalue weighted by Gasteiger charge is -2.25. The van der Waals surface area contributed by atoms with E-state index in [1.165, 1.54) is 5.56 Å². The van der Waals surface area contributed by atoms with Gasteiger partial charge < -0.3 is 15.8 Å². The second kappa shape index (κ2) is 6.29. The molecule has 1 heterocycles. The highest BCUT2D eigenvalue weighted by atomic mass is 16.5. The Kier molecular flexibility index (Phi) is 4.39. The number of hydrogen-bond donors (Lipinski definition) is 2. The maximum Gasteiger partial charge on any atom is 0.220 e. The molecule has 0 radical (unpaired) electrons. The summed E-state index contributed by atoms with van der Waals surface area (Å²) < 4.78 is 6.03. The topological polar surface area (TPSA) is 64.4 Å². The number of hydrogen-bond acceptors (Lipinski definition) is 3. The molecule has 1 aromatic carbocycles. The normalized spacial score (nSPS) is 31.4. The Balaban J connectivity index is 1.56. The van der Waals surface area contributed by atoms with Crippen molar-refractivity contribution in [2.24, 2.45) is 11.7 Å². The molecule has 1 saturated carbocycles. The van der Waals surface area contributed by atoms with Crippen LogP contribution in [0.1, 0.15) is 51.0 Å². The molecule has 3 rings (SSSR count). The standard InChI is InChI=1S/C18H26N2O2/c1-11-14-7-3-4-9-16(14)22-18(11)12(2)20-17(21)10-13-6-5-8-15(13)19/h3-4,7,9,11-13,15,18H,5-6,8,10,19H2,1-2H3,(H,20,21)/t11?,12?,13-,15+,18?/m0/s1. The van der Waals surface area contributed by atoms with E-state index in [2.05, 4.69) is 18.3 Å². The first-order chi connectivity index (χ1) is 10.6. The molecule has 1 aliphatic heterocycles. The molecule has 1 amide bonds. The molecular weight excluding hydrogens is 276 g/mol. The lowest BCUT2D eigenvalue weighted by atomic mass is 9.93. The zero-order valence-electron chi connectivity index (χ0n) is 13.4. The Morgan fingerprint density at radius 3 is 2.86 bits per heavy atom. The van der Waals surface area contributed by atoms with Crippen LogP contribution in [0.25, 0.3) is 0 Å². The Labute approximate surface area is 132 Å². The maximum absolute atomic E-state index is 12.3. The third kappa shape index (κ3) is 2.98. The molecule has 3 N–H and O–H groups in total. The van der Waals surface area contributed by atoms with Gasteiger partial charge >= 0.3 is 0 Å². The fourth-order valence-electron chi connectivity index (χ4n) is 3.88. The summed E-state index contributed by atoms with van der Waals surface area (Å²) in [5.74, 6) is 1.67. The highest BCUT2D eigenvalue weighted by Gasteiger charge is 2.35. The second-order valence-corrected chi connectivity index (χ2v) is 6.82. The zero-order valence-corrected chi connectivity index (χ0v) is 13.4. The summed E-state index contributed by atoms with van der Waals surface area (Å²) in [4.78, 5) is 12.3. The van der Waals surface area contributed by atoms with Gasteiger partial charge in [-0.25, -0.2) is 0 Å². The quantitative estimate of drug-likeness (QED) is 0.898. The van der Waals surface area contributed by atoms with Crippen LogP contribution in [0.3, 0.4) is 0 Å². The highest BCUT2D eigenvalue weighted by molar-refractivity contribution is 5.76. The first-order valence-electron chi connectivity index (χ1n) is 8.36. The SMILES string of the molecule is CC(NC(=O)C[C@@H]1CCC[C@H]1N)C1Oc2ccccc2C1C. The van der Waals surface area contributed by atoms with Gasteiger partial charge in [0.2, 0.25) is 5.91 Å². The Morgan fingerprint density at radius 2 is 2.18 bits per heavy atom. The monoisotopic (exact) mass is 302 g/mol. The minimum atomic E-state index is -0.00692. The van der Waals surface area contributed by atoms with Crippen molar-refractivity contribution in [1.29, 1.82) is 0 Å². The molecule has 0 spiro atoms. The van der Waals surface area contributed by atoms with Gasteiger partial charge in [0, 0.05) is 23.9 Å². The molecule has 0 bridgehead atoms. The molecule has 0 aromatic heterocycles. The summed E-state index contributed by atoms with van der Waals surface area (Å²) in [6.07, 6.45) is 3.81. The summed E-state index contributed by atoms with van der Waals surface area (Å²) in [6.45, 7) is 4.19. The molecule has 0 saturated heterocycles. The van der Waals surface area contributed by atoms with E-state index < -0.39 is 0 Å². The van der Waals surface area contributed by atoms with Gasteiger partial charge in [-0.2, -0.15) is 0 Å². The number of para-hydroxylation sites is 1. The minimum Gasteiger partial charge on any atom is -0.487 e. The van der Waals surface area contributed by atoms with Crippen LogP contribution < -0.4 is 15.8 Å². The van der Waals surface area contributed by atoms with Crippen LogP contribution in [0.5, 0.6) is 5.75 Å². The molecule has 4 heteroatoms. The number of benzene rings is 1. The van der Waals surface area contributed by atoms with Crippen LogP contribution >= 0.6 is 0 Å². The van der Waals surface area contributed by atoms with Crippen LogP contribution in [0.4, 0.5) is 0 Å². The van der Waals surface area contributed by atoms with Gasteiger partial charge in [-0.1, -0.05) is 31.5 Å². The van der Waals surface area contributed by atoms with Crippen LogP contribution in [-0.2, 0) is 4.79 Å². The van der Waals surface area contributed by atoms with Crippen molar-refractivity contribution >= 4 is 5.91 Å².